The summed E-state index contributed by atoms with van der Waals surface area (Å²) in [5.74, 6) is 0.312. The third-order valence-corrected chi connectivity index (χ3v) is 4.22. The summed E-state index contributed by atoms with van der Waals surface area (Å²) in [6, 6.07) is 4.73. The van der Waals surface area contributed by atoms with Crippen molar-refractivity contribution in [2.24, 2.45) is 0 Å². The first kappa shape index (κ1) is 18.9. The Hall–Kier alpha value is -2.46. The molecular formula is C20H23ClFN3. The third kappa shape index (κ3) is 3.97. The van der Waals surface area contributed by atoms with E-state index in [1.54, 1.807) is 12.1 Å². The van der Waals surface area contributed by atoms with Gasteiger partial charge in [0.15, 0.2) is 0 Å². The number of hydrogen-bond donors (Lipinski definition) is 3. The highest BCUT2D eigenvalue weighted by molar-refractivity contribution is 6.18. The van der Waals surface area contributed by atoms with Crippen molar-refractivity contribution in [2.75, 3.05) is 18.2 Å². The van der Waals surface area contributed by atoms with Gasteiger partial charge < -0.3 is 15.3 Å². The van der Waals surface area contributed by atoms with Gasteiger partial charge in [-0.05, 0) is 43.7 Å². The van der Waals surface area contributed by atoms with Crippen molar-refractivity contribution in [3.63, 3.8) is 0 Å². The third-order valence-electron chi connectivity index (χ3n) is 4.01. The van der Waals surface area contributed by atoms with Crippen LogP contribution in [0, 0.1) is 19.7 Å². The van der Waals surface area contributed by atoms with Gasteiger partial charge >= 0.3 is 0 Å². The first-order valence-electron chi connectivity index (χ1n) is 7.94. The Balaban J connectivity index is 0.000000511. The fourth-order valence-corrected chi connectivity index (χ4v) is 2.84. The van der Waals surface area contributed by atoms with Gasteiger partial charge in [0.1, 0.15) is 5.82 Å². The molecule has 1 aromatic carbocycles. The average Bonchev–Trinajstić information content (AvgIpc) is 3.04. The minimum absolute atomic E-state index is 0.244. The maximum atomic E-state index is 13.5. The van der Waals surface area contributed by atoms with Gasteiger partial charge in [0.2, 0.25) is 0 Å². The number of benzene rings is 1. The summed E-state index contributed by atoms with van der Waals surface area (Å²) in [6.45, 7) is 11.4. The van der Waals surface area contributed by atoms with Gasteiger partial charge in [0.25, 0.3) is 0 Å². The van der Waals surface area contributed by atoms with E-state index in [0.29, 0.717) is 5.88 Å². The van der Waals surface area contributed by atoms with Gasteiger partial charge in [-0.25, -0.2) is 4.39 Å². The molecule has 0 spiro atoms. The topological polar surface area (TPSA) is 43.6 Å². The molecule has 3 N–H and O–H groups in total. The molecular weight excluding hydrogens is 337 g/mol. The number of aryl methyl sites for hydroxylation is 1. The fourth-order valence-electron chi connectivity index (χ4n) is 2.84. The molecule has 0 bridgehead atoms. The molecule has 132 valence electrons. The zero-order valence-electron chi connectivity index (χ0n) is 14.8. The van der Waals surface area contributed by atoms with Crippen LogP contribution >= 0.6 is 11.6 Å². The molecule has 25 heavy (non-hydrogen) atoms. The van der Waals surface area contributed by atoms with E-state index in [-0.39, 0.29) is 5.82 Å². The smallest absolute Gasteiger partial charge is 0.123 e. The lowest BCUT2D eigenvalue weighted by molar-refractivity contribution is 0.629. The van der Waals surface area contributed by atoms with Crippen molar-refractivity contribution < 1.29 is 4.39 Å². The Morgan fingerprint density at radius 1 is 1.28 bits per heavy atom. The zero-order valence-corrected chi connectivity index (χ0v) is 15.5. The van der Waals surface area contributed by atoms with Crippen LogP contribution in [0.4, 0.5) is 10.1 Å². The van der Waals surface area contributed by atoms with Gasteiger partial charge in [-0.15, -0.1) is 18.2 Å². The number of halogens is 2. The van der Waals surface area contributed by atoms with Crippen molar-refractivity contribution in [1.29, 1.82) is 0 Å². The van der Waals surface area contributed by atoms with Gasteiger partial charge in [-0.1, -0.05) is 12.7 Å². The average molecular weight is 360 g/mol. The predicted octanol–water partition coefficient (Wildman–Crippen LogP) is 3.94. The van der Waals surface area contributed by atoms with Crippen LogP contribution in [0.2, 0.25) is 0 Å². The number of alkyl halides is 1. The molecule has 0 radical (unpaired) electrons. The number of H-pyrrole nitrogens is 2. The summed E-state index contributed by atoms with van der Waals surface area (Å²) in [6.07, 6.45) is 3.66. The second-order valence-corrected chi connectivity index (χ2v) is 6.02. The second-order valence-electron chi connectivity index (χ2n) is 5.71. The molecule has 3 rings (SSSR count). The number of anilines is 1. The van der Waals surface area contributed by atoms with E-state index in [0.717, 1.165) is 44.1 Å². The lowest BCUT2D eigenvalue weighted by Gasteiger charge is -1.98. The Labute approximate surface area is 151 Å². The van der Waals surface area contributed by atoms with Crippen LogP contribution in [0.3, 0.4) is 0 Å². The van der Waals surface area contributed by atoms with Gasteiger partial charge in [0, 0.05) is 45.8 Å². The highest BCUT2D eigenvalue weighted by atomic mass is 35.5. The summed E-state index contributed by atoms with van der Waals surface area (Å²) in [5.41, 5.74) is 5.21. The van der Waals surface area contributed by atoms with Crippen molar-refractivity contribution in [3.8, 4) is 0 Å². The Bertz CT molecular complexity index is 998. The molecule has 0 saturated heterocycles. The van der Waals surface area contributed by atoms with Gasteiger partial charge in [-0.3, -0.25) is 0 Å². The van der Waals surface area contributed by atoms with E-state index in [9.17, 15) is 4.39 Å². The van der Waals surface area contributed by atoms with Crippen LogP contribution in [0.5, 0.6) is 0 Å². The lowest BCUT2D eigenvalue weighted by Crippen LogP contribution is -2.21. The van der Waals surface area contributed by atoms with E-state index in [2.05, 4.69) is 35.4 Å². The molecule has 0 unspecified atom stereocenters. The first-order chi connectivity index (χ1) is 11.9. The minimum Gasteiger partial charge on any atom is -0.386 e. The van der Waals surface area contributed by atoms with Crippen molar-refractivity contribution in [1.82, 2.24) is 9.97 Å². The van der Waals surface area contributed by atoms with Gasteiger partial charge in [0.05, 0.1) is 5.69 Å². The zero-order chi connectivity index (χ0) is 18.6. The number of fused-ring (bicyclic) bond motifs is 1. The van der Waals surface area contributed by atoms with E-state index in [4.69, 9.17) is 11.6 Å². The van der Waals surface area contributed by atoms with Crippen LogP contribution in [0.25, 0.3) is 23.6 Å². The molecule has 0 amide bonds. The maximum absolute atomic E-state index is 13.5. The number of aromatic amines is 2. The monoisotopic (exact) mass is 359 g/mol. The SMILES string of the molecule is C=CCCl.C=c1[nH]c2ccc(F)cc2/c1=C/c1[nH]c(C)c(NC)c1C. The van der Waals surface area contributed by atoms with Crippen molar-refractivity contribution in [3.05, 3.63) is 64.2 Å². The Morgan fingerprint density at radius 2 is 1.96 bits per heavy atom. The number of nitrogens with one attached hydrogen (secondary N) is 3. The summed E-state index contributed by atoms with van der Waals surface area (Å²) in [5, 5.41) is 5.73. The van der Waals surface area contributed by atoms with Crippen molar-refractivity contribution >= 4 is 40.8 Å². The fraction of sp³-hybridized carbons (Fsp3) is 0.200. The lowest BCUT2D eigenvalue weighted by atomic mass is 10.1. The van der Waals surface area contributed by atoms with Gasteiger partial charge in [-0.2, -0.15) is 0 Å². The van der Waals surface area contributed by atoms with E-state index in [1.165, 1.54) is 12.1 Å². The molecule has 0 aliphatic carbocycles. The van der Waals surface area contributed by atoms with E-state index in [1.807, 2.05) is 20.0 Å². The predicted molar refractivity (Wildman–Crippen MR) is 107 cm³/mol. The molecule has 0 saturated carbocycles. The van der Waals surface area contributed by atoms with Crippen LogP contribution in [-0.2, 0) is 0 Å². The quantitative estimate of drug-likeness (QED) is 0.481. The summed E-state index contributed by atoms with van der Waals surface area (Å²) < 4.78 is 13.5. The molecule has 5 heteroatoms. The molecule has 0 atom stereocenters. The van der Waals surface area contributed by atoms with Crippen LogP contribution < -0.4 is 15.9 Å². The highest BCUT2D eigenvalue weighted by Crippen LogP contribution is 2.23. The Kier molecular flexibility index (Phi) is 6.10. The first-order valence-corrected chi connectivity index (χ1v) is 8.48. The number of hydrogen-bond acceptors (Lipinski definition) is 1. The van der Waals surface area contributed by atoms with E-state index < -0.39 is 0 Å². The normalized spacial score (nSPS) is 11.3. The minimum atomic E-state index is -0.244. The summed E-state index contributed by atoms with van der Waals surface area (Å²) in [4.78, 5) is 6.55. The Morgan fingerprint density at radius 3 is 2.52 bits per heavy atom. The molecule has 2 aromatic heterocycles. The molecule has 3 aromatic rings. The molecule has 3 nitrogen and oxygen atoms in total. The summed E-state index contributed by atoms with van der Waals surface area (Å²) in [7, 11) is 1.90. The van der Waals surface area contributed by atoms with Crippen LogP contribution in [-0.4, -0.2) is 22.9 Å². The largest absolute Gasteiger partial charge is 0.386 e. The molecule has 0 fully saturated rings. The van der Waals surface area contributed by atoms with Crippen LogP contribution in [0.15, 0.2) is 30.9 Å². The van der Waals surface area contributed by atoms with E-state index >= 15 is 0 Å². The molecule has 0 aliphatic rings. The number of allylic oxidation sites excluding steroid dienone is 1. The molecule has 0 aliphatic heterocycles. The molecule has 2 heterocycles. The highest BCUT2D eigenvalue weighted by Gasteiger charge is 2.09. The van der Waals surface area contributed by atoms with Crippen LogP contribution in [0.1, 0.15) is 17.0 Å². The number of aromatic nitrogens is 2. The summed E-state index contributed by atoms with van der Waals surface area (Å²) >= 11 is 5.07. The maximum Gasteiger partial charge on any atom is 0.123 e. The standard InChI is InChI=1S/C17H18FN3.C3H5Cl/c1-9-16(21-11(3)17(9)19-4)8-13-10(2)20-15-6-5-12(18)7-14(13)15;1-2-3-4/h5-8,19-21H,2H2,1,3-4H3;2H,1,3H2/b13-8+;. The van der Waals surface area contributed by atoms with Crippen molar-refractivity contribution in [2.45, 2.75) is 13.8 Å². The number of rotatable bonds is 3. The second kappa shape index (κ2) is 8.08.